The van der Waals surface area contributed by atoms with Crippen LogP contribution in [0.25, 0.3) is 0 Å². The molecule has 0 spiro atoms. The fourth-order valence-corrected chi connectivity index (χ4v) is 2.17. The van der Waals surface area contributed by atoms with Crippen LogP contribution in [0.4, 0.5) is 0 Å². The molecule has 82 valence electrons. The van der Waals surface area contributed by atoms with Gasteiger partial charge >= 0.3 is 0 Å². The lowest BCUT2D eigenvalue weighted by Crippen LogP contribution is -2.18. The molecule has 3 heterocycles. The van der Waals surface area contributed by atoms with Crippen molar-refractivity contribution in [1.82, 2.24) is 19.7 Å². The summed E-state index contributed by atoms with van der Waals surface area (Å²) in [6, 6.07) is 4.10. The van der Waals surface area contributed by atoms with E-state index in [2.05, 4.69) is 39.7 Å². The summed E-state index contributed by atoms with van der Waals surface area (Å²) in [5, 5.41) is 8.53. The number of rotatable bonds is 1. The highest BCUT2D eigenvalue weighted by molar-refractivity contribution is 5.28. The number of hydrogen-bond donors (Lipinski definition) is 0. The summed E-state index contributed by atoms with van der Waals surface area (Å²) in [5.74, 6) is 2.53. The van der Waals surface area contributed by atoms with Crippen LogP contribution in [0.3, 0.4) is 0 Å². The molecule has 0 unspecified atom stereocenters. The van der Waals surface area contributed by atoms with Crippen molar-refractivity contribution < 1.29 is 0 Å². The lowest BCUT2D eigenvalue weighted by Gasteiger charge is -2.18. The number of nitrogens with zero attached hydrogens (tertiary/aromatic N) is 4. The van der Waals surface area contributed by atoms with Crippen molar-refractivity contribution in [3.63, 3.8) is 0 Å². The van der Waals surface area contributed by atoms with Gasteiger partial charge in [-0.15, -0.1) is 10.2 Å². The molecule has 0 saturated heterocycles. The van der Waals surface area contributed by atoms with E-state index in [1.165, 1.54) is 5.56 Å². The number of fused-ring (bicyclic) bond motifs is 2. The zero-order valence-corrected chi connectivity index (χ0v) is 9.51. The van der Waals surface area contributed by atoms with E-state index in [4.69, 9.17) is 0 Å². The van der Waals surface area contributed by atoms with Gasteiger partial charge in [-0.2, -0.15) is 0 Å². The highest BCUT2D eigenvalue weighted by Crippen LogP contribution is 2.23. The molecule has 16 heavy (non-hydrogen) atoms. The van der Waals surface area contributed by atoms with Gasteiger partial charge in [0.05, 0.1) is 12.2 Å². The highest BCUT2D eigenvalue weighted by Gasteiger charge is 2.21. The second kappa shape index (κ2) is 3.40. The summed E-state index contributed by atoms with van der Waals surface area (Å²) in [5.41, 5.74) is 2.43. The second-order valence-corrected chi connectivity index (χ2v) is 4.50. The van der Waals surface area contributed by atoms with E-state index < -0.39 is 0 Å². The second-order valence-electron chi connectivity index (χ2n) is 4.50. The first-order valence-electron chi connectivity index (χ1n) is 5.60. The van der Waals surface area contributed by atoms with Crippen molar-refractivity contribution in [2.24, 2.45) is 0 Å². The quantitative estimate of drug-likeness (QED) is 0.620. The van der Waals surface area contributed by atoms with Gasteiger partial charge in [0.1, 0.15) is 11.6 Å². The molecule has 1 aliphatic heterocycles. The molecule has 2 aromatic heterocycles. The van der Waals surface area contributed by atoms with Crippen molar-refractivity contribution in [3.05, 3.63) is 41.2 Å². The lowest BCUT2D eigenvalue weighted by atomic mass is 10.1. The fraction of sp³-hybridized carbons (Fsp3) is 0.417. The van der Waals surface area contributed by atoms with Crippen molar-refractivity contribution in [2.75, 3.05) is 0 Å². The van der Waals surface area contributed by atoms with Crippen LogP contribution in [0.2, 0.25) is 0 Å². The molecule has 0 aliphatic carbocycles. The molecule has 2 aromatic rings. The molecule has 3 rings (SSSR count). The molecule has 0 atom stereocenters. The van der Waals surface area contributed by atoms with Gasteiger partial charge in [0, 0.05) is 18.5 Å². The predicted octanol–water partition coefficient (Wildman–Crippen LogP) is 1.75. The van der Waals surface area contributed by atoms with Crippen molar-refractivity contribution in [3.8, 4) is 0 Å². The zero-order valence-electron chi connectivity index (χ0n) is 9.51. The van der Waals surface area contributed by atoms with Gasteiger partial charge in [-0.3, -0.25) is 4.98 Å². The Balaban J connectivity index is 2.07. The maximum absolute atomic E-state index is 4.42. The van der Waals surface area contributed by atoms with E-state index in [0.717, 1.165) is 30.3 Å². The molecule has 0 bridgehead atoms. The van der Waals surface area contributed by atoms with Gasteiger partial charge in [0.15, 0.2) is 0 Å². The molecule has 4 heteroatoms. The van der Waals surface area contributed by atoms with E-state index >= 15 is 0 Å². The van der Waals surface area contributed by atoms with Crippen molar-refractivity contribution in [2.45, 2.75) is 32.7 Å². The van der Waals surface area contributed by atoms with Crippen LogP contribution < -0.4 is 0 Å². The van der Waals surface area contributed by atoms with Crippen LogP contribution in [0.15, 0.2) is 18.3 Å². The average Bonchev–Trinajstić information content (AvgIpc) is 2.68. The Morgan fingerprint density at radius 3 is 3.00 bits per heavy atom. The van der Waals surface area contributed by atoms with E-state index in [0.29, 0.717) is 5.92 Å². The Bertz CT molecular complexity index is 528. The third-order valence-corrected chi connectivity index (χ3v) is 3.01. The minimum atomic E-state index is 0.409. The molecule has 0 N–H and O–H groups in total. The molecular weight excluding hydrogens is 200 g/mol. The summed E-state index contributed by atoms with van der Waals surface area (Å²) in [6.07, 6.45) is 2.70. The predicted molar refractivity (Wildman–Crippen MR) is 60.3 cm³/mol. The minimum absolute atomic E-state index is 0.409. The molecule has 0 amide bonds. The third kappa shape index (κ3) is 1.33. The number of aromatic nitrogens is 4. The smallest absolute Gasteiger partial charge is 0.137 e. The monoisotopic (exact) mass is 214 g/mol. The first-order valence-corrected chi connectivity index (χ1v) is 5.60. The van der Waals surface area contributed by atoms with E-state index in [-0.39, 0.29) is 0 Å². The van der Waals surface area contributed by atoms with Gasteiger partial charge in [0.25, 0.3) is 0 Å². The largest absolute Gasteiger partial charge is 0.308 e. The molecule has 0 saturated carbocycles. The van der Waals surface area contributed by atoms with Gasteiger partial charge in [-0.05, 0) is 11.6 Å². The highest BCUT2D eigenvalue weighted by atomic mass is 15.3. The molecule has 0 radical (unpaired) electrons. The van der Waals surface area contributed by atoms with Gasteiger partial charge in [-0.1, -0.05) is 19.9 Å². The average molecular weight is 214 g/mol. The van der Waals surface area contributed by atoms with E-state index in [1.54, 1.807) is 0 Å². The Labute approximate surface area is 94.4 Å². The summed E-state index contributed by atoms with van der Waals surface area (Å²) in [6.45, 7) is 5.10. The molecule has 4 nitrogen and oxygen atoms in total. The van der Waals surface area contributed by atoms with Crippen molar-refractivity contribution in [1.29, 1.82) is 0 Å². The minimum Gasteiger partial charge on any atom is -0.308 e. The topological polar surface area (TPSA) is 43.6 Å². The van der Waals surface area contributed by atoms with Gasteiger partial charge in [-0.25, -0.2) is 0 Å². The Morgan fingerprint density at radius 2 is 2.19 bits per heavy atom. The van der Waals surface area contributed by atoms with E-state index in [1.807, 2.05) is 12.3 Å². The summed E-state index contributed by atoms with van der Waals surface area (Å²) in [7, 11) is 0. The van der Waals surface area contributed by atoms with Crippen LogP contribution in [-0.4, -0.2) is 19.7 Å². The van der Waals surface area contributed by atoms with Crippen LogP contribution in [-0.2, 0) is 13.0 Å². The molecular formula is C12H14N4. The maximum atomic E-state index is 4.42. The SMILES string of the molecule is CC(C)c1nnc2n1Cc1ncccc1C2. The Morgan fingerprint density at radius 1 is 1.31 bits per heavy atom. The summed E-state index contributed by atoms with van der Waals surface area (Å²) < 4.78 is 2.19. The maximum Gasteiger partial charge on any atom is 0.137 e. The Kier molecular flexibility index (Phi) is 2.02. The van der Waals surface area contributed by atoms with Gasteiger partial charge in [0.2, 0.25) is 0 Å². The number of pyridine rings is 1. The summed E-state index contributed by atoms with van der Waals surface area (Å²) >= 11 is 0. The van der Waals surface area contributed by atoms with Crippen LogP contribution in [0.1, 0.15) is 42.7 Å². The van der Waals surface area contributed by atoms with Crippen LogP contribution in [0, 0.1) is 0 Å². The first-order chi connectivity index (χ1) is 7.75. The van der Waals surface area contributed by atoms with Crippen molar-refractivity contribution >= 4 is 0 Å². The van der Waals surface area contributed by atoms with Gasteiger partial charge < -0.3 is 4.57 Å². The summed E-state index contributed by atoms with van der Waals surface area (Å²) in [4.78, 5) is 4.42. The molecule has 1 aliphatic rings. The Hall–Kier alpha value is -1.71. The fourth-order valence-electron chi connectivity index (χ4n) is 2.17. The zero-order chi connectivity index (χ0) is 11.1. The van der Waals surface area contributed by atoms with Crippen LogP contribution in [0.5, 0.6) is 0 Å². The third-order valence-electron chi connectivity index (χ3n) is 3.01. The first kappa shape index (κ1) is 9.51. The molecule has 0 fully saturated rings. The normalized spacial score (nSPS) is 13.7. The number of hydrogen-bond acceptors (Lipinski definition) is 3. The lowest BCUT2D eigenvalue weighted by molar-refractivity contribution is 0.619. The van der Waals surface area contributed by atoms with Crippen LogP contribution >= 0.6 is 0 Å². The van der Waals surface area contributed by atoms with E-state index in [9.17, 15) is 0 Å². The molecule has 0 aromatic carbocycles. The standard InChI is InChI=1S/C12H14N4/c1-8(2)12-15-14-11-6-9-4-3-5-13-10(9)7-16(11)12/h3-5,8H,6-7H2,1-2H3.